The minimum atomic E-state index is -0.0996. The molecule has 6 heteroatoms. The van der Waals surface area contributed by atoms with Crippen LogP contribution in [0.3, 0.4) is 0 Å². The zero-order valence-corrected chi connectivity index (χ0v) is 12.9. The van der Waals surface area contributed by atoms with Crippen LogP contribution in [0.1, 0.15) is 12.5 Å². The van der Waals surface area contributed by atoms with E-state index in [1.165, 1.54) is 16.7 Å². The Kier molecular flexibility index (Phi) is 4.50. The van der Waals surface area contributed by atoms with Gasteiger partial charge in [0.15, 0.2) is 0 Å². The van der Waals surface area contributed by atoms with Gasteiger partial charge in [-0.25, -0.2) is 0 Å². The van der Waals surface area contributed by atoms with Crippen molar-refractivity contribution in [2.24, 2.45) is 0 Å². The Balaban J connectivity index is 2.40. The minimum absolute atomic E-state index is 0.0996. The number of likely N-dealkylation sites (N-methyl/N-ethyl adjacent to an activating group) is 1. The molecule has 1 aromatic carbocycles. The number of rotatable bonds is 3. The number of carbonyl (C=O) groups is 1. The maximum absolute atomic E-state index is 11.9. The summed E-state index contributed by atoms with van der Waals surface area (Å²) in [7, 11) is 1.67. The summed E-state index contributed by atoms with van der Waals surface area (Å²) in [6.45, 7) is 2.46. The highest BCUT2D eigenvalue weighted by atomic mass is 35.5. The zero-order valence-electron chi connectivity index (χ0n) is 10.5. The van der Waals surface area contributed by atoms with E-state index in [1.54, 1.807) is 31.3 Å². The summed E-state index contributed by atoms with van der Waals surface area (Å²) in [6, 6.07) is 5.33. The molecule has 1 heterocycles. The van der Waals surface area contributed by atoms with Gasteiger partial charge in [0.2, 0.25) is 0 Å². The van der Waals surface area contributed by atoms with E-state index in [4.69, 9.17) is 28.6 Å². The van der Waals surface area contributed by atoms with Crippen LogP contribution in [-0.2, 0) is 4.79 Å². The van der Waals surface area contributed by atoms with E-state index in [-0.39, 0.29) is 5.91 Å². The van der Waals surface area contributed by atoms with Crippen molar-refractivity contribution in [3.63, 3.8) is 0 Å². The predicted molar refractivity (Wildman–Crippen MR) is 83.6 cm³/mol. The molecule has 1 fully saturated rings. The highest BCUT2D eigenvalue weighted by molar-refractivity contribution is 8.26. The molecule has 1 amide bonds. The summed E-state index contributed by atoms with van der Waals surface area (Å²) in [4.78, 5) is 14.0. The average Bonchev–Trinajstić information content (AvgIpc) is 2.61. The number of thioether (sulfide) groups is 1. The summed E-state index contributed by atoms with van der Waals surface area (Å²) >= 11 is 12.4. The molecule has 0 saturated carbocycles. The van der Waals surface area contributed by atoms with Crippen molar-refractivity contribution in [3.8, 4) is 5.75 Å². The molecular formula is C13H12ClNO2S2. The molecule has 0 N–H and O–H groups in total. The second kappa shape index (κ2) is 5.94. The van der Waals surface area contributed by atoms with Crippen molar-refractivity contribution in [1.82, 2.24) is 4.90 Å². The Bertz CT molecular complexity index is 572. The number of thiocarbonyl (C=S) groups is 1. The third-order valence-corrected chi connectivity index (χ3v) is 4.26. The monoisotopic (exact) mass is 313 g/mol. The lowest BCUT2D eigenvalue weighted by Crippen LogP contribution is -2.22. The zero-order chi connectivity index (χ0) is 14.0. The molecule has 0 aliphatic carbocycles. The summed E-state index contributed by atoms with van der Waals surface area (Å²) in [5.74, 6) is 0.602. The van der Waals surface area contributed by atoms with Gasteiger partial charge in [-0.1, -0.05) is 35.6 Å². The van der Waals surface area contributed by atoms with Crippen LogP contribution in [0, 0.1) is 0 Å². The second-order valence-corrected chi connectivity index (χ2v) is 5.97. The fourth-order valence-electron chi connectivity index (χ4n) is 1.61. The van der Waals surface area contributed by atoms with E-state index in [0.717, 1.165) is 5.56 Å². The molecule has 1 saturated heterocycles. The Morgan fingerprint density at radius 2 is 2.26 bits per heavy atom. The highest BCUT2D eigenvalue weighted by Crippen LogP contribution is 2.34. The topological polar surface area (TPSA) is 29.5 Å². The first-order chi connectivity index (χ1) is 9.02. The molecule has 3 nitrogen and oxygen atoms in total. The van der Waals surface area contributed by atoms with Gasteiger partial charge >= 0.3 is 0 Å². The fraction of sp³-hybridized carbons (Fsp3) is 0.231. The van der Waals surface area contributed by atoms with E-state index in [2.05, 4.69) is 0 Å². The van der Waals surface area contributed by atoms with Gasteiger partial charge < -0.3 is 4.74 Å². The summed E-state index contributed by atoms with van der Waals surface area (Å²) < 4.78 is 6.07. The first-order valence-electron chi connectivity index (χ1n) is 5.67. The van der Waals surface area contributed by atoms with Crippen LogP contribution < -0.4 is 4.74 Å². The van der Waals surface area contributed by atoms with Crippen molar-refractivity contribution in [2.45, 2.75) is 6.92 Å². The molecule has 2 rings (SSSR count). The van der Waals surface area contributed by atoms with Crippen LogP contribution in [0.4, 0.5) is 0 Å². The third-order valence-electron chi connectivity index (χ3n) is 2.54. The summed E-state index contributed by atoms with van der Waals surface area (Å²) in [5.41, 5.74) is 0.781. The normalized spacial score (nSPS) is 17.4. The molecule has 100 valence electrons. The van der Waals surface area contributed by atoms with Gasteiger partial charge in [0.1, 0.15) is 10.1 Å². The molecule has 1 aliphatic rings. The number of amides is 1. The smallest absolute Gasteiger partial charge is 0.265 e. The molecule has 1 aromatic rings. The van der Waals surface area contributed by atoms with Gasteiger partial charge in [0.05, 0.1) is 11.5 Å². The lowest BCUT2D eigenvalue weighted by molar-refractivity contribution is -0.121. The predicted octanol–water partition coefficient (Wildman–Crippen LogP) is 3.57. The number of hydrogen-bond acceptors (Lipinski definition) is 4. The number of hydrogen-bond donors (Lipinski definition) is 0. The first kappa shape index (κ1) is 14.4. The van der Waals surface area contributed by atoms with Crippen molar-refractivity contribution in [3.05, 3.63) is 33.7 Å². The Morgan fingerprint density at radius 1 is 1.53 bits per heavy atom. The number of nitrogens with zero attached hydrogens (tertiary/aromatic N) is 1. The number of benzene rings is 1. The maximum atomic E-state index is 11.9. The van der Waals surface area contributed by atoms with Crippen molar-refractivity contribution >= 4 is 51.9 Å². The first-order valence-corrected chi connectivity index (χ1v) is 7.27. The lowest BCUT2D eigenvalue weighted by atomic mass is 10.2. The van der Waals surface area contributed by atoms with Crippen LogP contribution in [0.25, 0.3) is 6.08 Å². The third kappa shape index (κ3) is 3.11. The quantitative estimate of drug-likeness (QED) is 0.630. The van der Waals surface area contributed by atoms with E-state index >= 15 is 0 Å². The Labute approximate surface area is 126 Å². The van der Waals surface area contributed by atoms with Crippen LogP contribution in [0.15, 0.2) is 23.1 Å². The number of halogens is 1. The number of ether oxygens (including phenoxy) is 1. The molecular weight excluding hydrogens is 302 g/mol. The minimum Gasteiger partial charge on any atom is -0.493 e. The van der Waals surface area contributed by atoms with E-state index in [9.17, 15) is 4.79 Å². The van der Waals surface area contributed by atoms with Gasteiger partial charge in [-0.2, -0.15) is 0 Å². The molecule has 0 aromatic heterocycles. The second-order valence-electron chi connectivity index (χ2n) is 3.86. The molecule has 19 heavy (non-hydrogen) atoms. The van der Waals surface area contributed by atoms with E-state index < -0.39 is 0 Å². The molecule has 0 spiro atoms. The van der Waals surface area contributed by atoms with Gasteiger partial charge in [-0.15, -0.1) is 0 Å². The maximum Gasteiger partial charge on any atom is 0.265 e. The Morgan fingerprint density at radius 3 is 2.84 bits per heavy atom. The van der Waals surface area contributed by atoms with E-state index in [1.807, 2.05) is 6.92 Å². The number of carbonyl (C=O) groups excluding carboxylic acids is 1. The van der Waals surface area contributed by atoms with Gasteiger partial charge in [-0.3, -0.25) is 9.69 Å². The standard InChI is InChI=1S/C13H12ClNO2S2/c1-3-17-10-5-4-9(14)6-8(10)7-11-12(16)15(2)13(18)19-11/h4-7H,3H2,1-2H3/b11-7+. The average molecular weight is 314 g/mol. The largest absolute Gasteiger partial charge is 0.493 e. The van der Waals surface area contributed by atoms with Crippen molar-refractivity contribution in [1.29, 1.82) is 0 Å². The SMILES string of the molecule is CCOc1ccc(Cl)cc1/C=C1/SC(=S)N(C)C1=O. The fourth-order valence-corrected chi connectivity index (χ4v) is 2.96. The molecule has 0 unspecified atom stereocenters. The summed E-state index contributed by atoms with van der Waals surface area (Å²) in [5, 5.41) is 0.599. The molecule has 1 aliphatic heterocycles. The van der Waals surface area contributed by atoms with Crippen LogP contribution in [0.5, 0.6) is 5.75 Å². The summed E-state index contributed by atoms with van der Waals surface area (Å²) in [6.07, 6.45) is 1.76. The van der Waals surface area contributed by atoms with Gasteiger partial charge in [0.25, 0.3) is 5.91 Å². The van der Waals surface area contributed by atoms with Crippen LogP contribution in [-0.4, -0.2) is 28.8 Å². The molecule has 0 atom stereocenters. The highest BCUT2D eigenvalue weighted by Gasteiger charge is 2.28. The van der Waals surface area contributed by atoms with Gasteiger partial charge in [-0.05, 0) is 31.2 Å². The lowest BCUT2D eigenvalue weighted by Gasteiger charge is -2.08. The van der Waals surface area contributed by atoms with Crippen molar-refractivity contribution in [2.75, 3.05) is 13.7 Å². The van der Waals surface area contributed by atoms with Crippen LogP contribution >= 0.6 is 35.6 Å². The van der Waals surface area contributed by atoms with Crippen molar-refractivity contribution < 1.29 is 9.53 Å². The molecule has 0 radical (unpaired) electrons. The van der Waals surface area contributed by atoms with E-state index in [0.29, 0.717) is 26.6 Å². The van der Waals surface area contributed by atoms with Crippen LogP contribution in [0.2, 0.25) is 5.02 Å². The molecule has 0 bridgehead atoms. The van der Waals surface area contributed by atoms with Gasteiger partial charge in [0, 0.05) is 17.6 Å². The Hall–Kier alpha value is -1.04.